The Bertz CT molecular complexity index is 1210. The van der Waals surface area contributed by atoms with E-state index in [1.807, 2.05) is 24.3 Å². The summed E-state index contributed by atoms with van der Waals surface area (Å²) in [7, 11) is 0. The summed E-state index contributed by atoms with van der Waals surface area (Å²) >= 11 is 0. The van der Waals surface area contributed by atoms with Crippen LogP contribution in [0.15, 0.2) is 60.9 Å². The van der Waals surface area contributed by atoms with Gasteiger partial charge in [-0.15, -0.1) is 0 Å². The molecule has 0 spiro atoms. The molecule has 4 heterocycles. The Morgan fingerprint density at radius 2 is 1.71 bits per heavy atom. The predicted molar refractivity (Wildman–Crippen MR) is 119 cm³/mol. The van der Waals surface area contributed by atoms with Gasteiger partial charge in [0, 0.05) is 29.3 Å². The van der Waals surface area contributed by atoms with Gasteiger partial charge in [-0.1, -0.05) is 0 Å². The maximum Gasteiger partial charge on any atom is 0.228 e. The summed E-state index contributed by atoms with van der Waals surface area (Å²) in [5, 5.41) is 7.16. The van der Waals surface area contributed by atoms with Gasteiger partial charge in [0.15, 0.2) is 0 Å². The van der Waals surface area contributed by atoms with Gasteiger partial charge in [0.25, 0.3) is 0 Å². The summed E-state index contributed by atoms with van der Waals surface area (Å²) in [6.07, 6.45) is 5.14. The molecule has 156 valence electrons. The van der Waals surface area contributed by atoms with Crippen LogP contribution in [0.5, 0.6) is 0 Å². The van der Waals surface area contributed by atoms with Gasteiger partial charge in [-0.25, -0.2) is 9.37 Å². The number of hydrogen-bond donors (Lipinski definition) is 3. The van der Waals surface area contributed by atoms with E-state index in [-0.39, 0.29) is 17.6 Å². The standard InChI is InChI=1S/C24H22FN5O/c25-18-3-1-16(2-4-18)22-21(15-7-11-26-12-8-15)19-5-6-20(28-23(19)30-22)29-24(31)17-9-13-27-14-10-17/h1-8,11-12,17,27H,9-10,13-14H2,(H2,28,29,30,31). The maximum absolute atomic E-state index is 13.5. The van der Waals surface area contributed by atoms with Gasteiger partial charge in [0.2, 0.25) is 5.91 Å². The number of H-pyrrole nitrogens is 1. The number of carbonyl (C=O) groups excluding carboxylic acids is 1. The number of hydrogen-bond acceptors (Lipinski definition) is 4. The smallest absolute Gasteiger partial charge is 0.228 e. The molecule has 1 aliphatic rings. The van der Waals surface area contributed by atoms with Crippen molar-refractivity contribution in [2.75, 3.05) is 18.4 Å². The van der Waals surface area contributed by atoms with Crippen molar-refractivity contribution >= 4 is 22.8 Å². The number of nitrogens with zero attached hydrogens (tertiary/aromatic N) is 2. The number of carbonyl (C=O) groups is 1. The van der Waals surface area contributed by atoms with Crippen molar-refractivity contribution in [3.63, 3.8) is 0 Å². The molecular weight excluding hydrogens is 393 g/mol. The number of anilines is 1. The number of aromatic nitrogens is 3. The summed E-state index contributed by atoms with van der Waals surface area (Å²) in [6.45, 7) is 1.72. The van der Waals surface area contributed by atoms with Crippen LogP contribution in [-0.2, 0) is 4.79 Å². The van der Waals surface area contributed by atoms with Crippen LogP contribution in [0, 0.1) is 11.7 Å². The van der Waals surface area contributed by atoms with Crippen molar-refractivity contribution in [2.24, 2.45) is 5.92 Å². The van der Waals surface area contributed by atoms with Crippen molar-refractivity contribution in [3.8, 4) is 22.4 Å². The zero-order valence-electron chi connectivity index (χ0n) is 16.9. The number of halogens is 1. The minimum Gasteiger partial charge on any atom is -0.339 e. The second-order valence-electron chi connectivity index (χ2n) is 7.72. The van der Waals surface area contributed by atoms with E-state index in [0.29, 0.717) is 11.5 Å². The Balaban J connectivity index is 1.56. The first-order valence-electron chi connectivity index (χ1n) is 10.4. The molecule has 7 heteroatoms. The molecule has 0 bridgehead atoms. The first-order valence-corrected chi connectivity index (χ1v) is 10.4. The Hall–Kier alpha value is -3.58. The second-order valence-corrected chi connectivity index (χ2v) is 7.72. The fraction of sp³-hybridized carbons (Fsp3) is 0.208. The molecular formula is C24H22FN5O. The summed E-state index contributed by atoms with van der Waals surface area (Å²) < 4.78 is 13.5. The van der Waals surface area contributed by atoms with E-state index in [1.165, 1.54) is 12.1 Å². The first-order chi connectivity index (χ1) is 15.2. The second kappa shape index (κ2) is 8.28. The lowest BCUT2D eigenvalue weighted by atomic mass is 9.97. The van der Waals surface area contributed by atoms with E-state index >= 15 is 0 Å². The van der Waals surface area contributed by atoms with Crippen LogP contribution in [0.2, 0.25) is 0 Å². The molecule has 4 aromatic rings. The molecule has 0 saturated carbocycles. The van der Waals surface area contributed by atoms with Gasteiger partial charge >= 0.3 is 0 Å². The first kappa shape index (κ1) is 19.4. The zero-order valence-corrected chi connectivity index (χ0v) is 16.9. The van der Waals surface area contributed by atoms with Crippen LogP contribution in [0.3, 0.4) is 0 Å². The van der Waals surface area contributed by atoms with Gasteiger partial charge in [-0.3, -0.25) is 9.78 Å². The molecule has 31 heavy (non-hydrogen) atoms. The molecule has 1 saturated heterocycles. The summed E-state index contributed by atoms with van der Waals surface area (Å²) in [4.78, 5) is 24.8. The topological polar surface area (TPSA) is 82.7 Å². The molecule has 0 radical (unpaired) electrons. The number of aromatic amines is 1. The third-order valence-electron chi connectivity index (χ3n) is 5.72. The van der Waals surface area contributed by atoms with Crippen LogP contribution in [0.1, 0.15) is 12.8 Å². The number of rotatable bonds is 4. The number of nitrogens with one attached hydrogen (secondary N) is 3. The average molecular weight is 415 g/mol. The summed E-state index contributed by atoms with van der Waals surface area (Å²) in [6, 6.07) is 14.0. The van der Waals surface area contributed by atoms with Crippen molar-refractivity contribution < 1.29 is 9.18 Å². The largest absolute Gasteiger partial charge is 0.339 e. The number of pyridine rings is 2. The molecule has 5 rings (SSSR count). The van der Waals surface area contributed by atoms with Gasteiger partial charge in [-0.05, 0) is 85.6 Å². The quantitative estimate of drug-likeness (QED) is 0.462. The van der Waals surface area contributed by atoms with Crippen LogP contribution in [0.25, 0.3) is 33.4 Å². The van der Waals surface area contributed by atoms with Crippen LogP contribution in [-0.4, -0.2) is 33.9 Å². The van der Waals surface area contributed by atoms with Crippen molar-refractivity contribution in [1.82, 2.24) is 20.3 Å². The Morgan fingerprint density at radius 1 is 0.968 bits per heavy atom. The molecule has 0 aliphatic carbocycles. The lowest BCUT2D eigenvalue weighted by Gasteiger charge is -2.21. The molecule has 1 aliphatic heterocycles. The van der Waals surface area contributed by atoms with Crippen molar-refractivity contribution in [2.45, 2.75) is 12.8 Å². The van der Waals surface area contributed by atoms with E-state index in [2.05, 4.69) is 25.6 Å². The molecule has 3 N–H and O–H groups in total. The Labute approximate surface area is 178 Å². The van der Waals surface area contributed by atoms with E-state index in [9.17, 15) is 9.18 Å². The van der Waals surface area contributed by atoms with E-state index in [1.54, 1.807) is 24.5 Å². The van der Waals surface area contributed by atoms with Crippen molar-refractivity contribution in [1.29, 1.82) is 0 Å². The van der Waals surface area contributed by atoms with Crippen molar-refractivity contribution in [3.05, 3.63) is 66.7 Å². The minimum absolute atomic E-state index is 0.00421. The van der Waals surface area contributed by atoms with Gasteiger partial charge in [0.05, 0.1) is 5.69 Å². The normalized spacial score (nSPS) is 14.6. The van der Waals surface area contributed by atoms with Crippen LogP contribution < -0.4 is 10.6 Å². The predicted octanol–water partition coefficient (Wildman–Crippen LogP) is 4.37. The molecule has 0 atom stereocenters. The maximum atomic E-state index is 13.5. The SMILES string of the molecule is O=C(Nc1ccc2c(-c3ccncc3)c(-c3ccc(F)cc3)[nH]c2n1)C1CCNCC1. The summed E-state index contributed by atoms with van der Waals surface area (Å²) in [5.74, 6) is 0.244. The fourth-order valence-electron chi connectivity index (χ4n) is 4.11. The summed E-state index contributed by atoms with van der Waals surface area (Å²) in [5.41, 5.74) is 4.30. The molecule has 3 aromatic heterocycles. The average Bonchev–Trinajstić information content (AvgIpc) is 3.19. The van der Waals surface area contributed by atoms with E-state index in [4.69, 9.17) is 0 Å². The molecule has 1 amide bonds. The number of benzene rings is 1. The lowest BCUT2D eigenvalue weighted by Crippen LogP contribution is -2.34. The number of fused-ring (bicyclic) bond motifs is 1. The minimum atomic E-state index is -0.286. The van der Waals surface area contributed by atoms with Gasteiger partial charge in [-0.2, -0.15) is 0 Å². The number of amides is 1. The lowest BCUT2D eigenvalue weighted by molar-refractivity contribution is -0.120. The third kappa shape index (κ3) is 3.92. The number of piperidine rings is 1. The monoisotopic (exact) mass is 415 g/mol. The highest BCUT2D eigenvalue weighted by molar-refractivity contribution is 6.03. The van der Waals surface area contributed by atoms with Gasteiger partial charge < -0.3 is 15.6 Å². The molecule has 0 unspecified atom stereocenters. The molecule has 6 nitrogen and oxygen atoms in total. The van der Waals surface area contributed by atoms with Gasteiger partial charge in [0.1, 0.15) is 17.3 Å². The molecule has 1 aromatic carbocycles. The molecule has 1 fully saturated rings. The van der Waals surface area contributed by atoms with E-state index < -0.39 is 0 Å². The third-order valence-corrected chi connectivity index (χ3v) is 5.72. The van der Waals surface area contributed by atoms with E-state index in [0.717, 1.165) is 53.7 Å². The Kier molecular flexibility index (Phi) is 5.18. The fourth-order valence-corrected chi connectivity index (χ4v) is 4.11. The Morgan fingerprint density at radius 3 is 2.45 bits per heavy atom. The van der Waals surface area contributed by atoms with Crippen LogP contribution >= 0.6 is 0 Å². The van der Waals surface area contributed by atoms with Crippen LogP contribution in [0.4, 0.5) is 10.2 Å². The zero-order chi connectivity index (χ0) is 21.2. The highest BCUT2D eigenvalue weighted by Gasteiger charge is 2.22. The highest BCUT2D eigenvalue weighted by Crippen LogP contribution is 2.38. The highest BCUT2D eigenvalue weighted by atomic mass is 19.1.